The van der Waals surface area contributed by atoms with Crippen molar-refractivity contribution >= 4 is 50.7 Å². The van der Waals surface area contributed by atoms with Gasteiger partial charge < -0.3 is 9.32 Å². The summed E-state index contributed by atoms with van der Waals surface area (Å²) in [6, 6.07) is 19.2. The highest BCUT2D eigenvalue weighted by Gasteiger charge is 2.66. The van der Waals surface area contributed by atoms with Crippen LogP contribution in [0.5, 0.6) is 0 Å². The van der Waals surface area contributed by atoms with Crippen LogP contribution in [0.3, 0.4) is 0 Å². The number of aryl methyl sites for hydroxylation is 1. The van der Waals surface area contributed by atoms with E-state index in [2.05, 4.69) is 4.98 Å². The van der Waals surface area contributed by atoms with Crippen LogP contribution in [-0.2, 0) is 16.9 Å². The number of carbonyl (C=O) groups excluding carboxylic acids is 3. The van der Waals surface area contributed by atoms with Gasteiger partial charge >= 0.3 is 0 Å². The third-order valence-electron chi connectivity index (χ3n) is 7.58. The molecule has 8 nitrogen and oxygen atoms in total. The third kappa shape index (κ3) is 3.34. The van der Waals surface area contributed by atoms with Gasteiger partial charge in [0, 0.05) is 12.5 Å². The molecule has 0 N–H and O–H groups in total. The van der Waals surface area contributed by atoms with Crippen LogP contribution in [0.4, 0.5) is 15.2 Å². The molecular formula is C31H20FN3O5S. The predicted octanol–water partition coefficient (Wildman–Crippen LogP) is 5.35. The summed E-state index contributed by atoms with van der Waals surface area (Å²) in [7, 11) is 0. The van der Waals surface area contributed by atoms with E-state index >= 15 is 0 Å². The molecule has 0 saturated carbocycles. The second-order valence-corrected chi connectivity index (χ2v) is 11.0. The average molecular weight is 566 g/mol. The van der Waals surface area contributed by atoms with Gasteiger partial charge in [0.15, 0.2) is 21.9 Å². The number of thiazole rings is 1. The molecule has 2 aliphatic rings. The summed E-state index contributed by atoms with van der Waals surface area (Å²) in [5.74, 6) is -2.17. The second-order valence-electron chi connectivity index (χ2n) is 9.98. The van der Waals surface area contributed by atoms with Crippen molar-refractivity contribution in [3.05, 3.63) is 122 Å². The summed E-state index contributed by atoms with van der Waals surface area (Å²) in [5, 5.41) is 0.321. The fourth-order valence-electron chi connectivity index (χ4n) is 5.84. The minimum Gasteiger partial charge on any atom is -0.450 e. The number of benzene rings is 3. The molecule has 1 atom stereocenters. The third-order valence-corrected chi connectivity index (χ3v) is 8.83. The van der Waals surface area contributed by atoms with Gasteiger partial charge in [0.1, 0.15) is 11.4 Å². The van der Waals surface area contributed by atoms with E-state index < -0.39 is 28.6 Å². The molecule has 0 radical (unpaired) electrons. The number of halogens is 1. The van der Waals surface area contributed by atoms with Crippen LogP contribution < -0.4 is 15.2 Å². The first-order valence-electron chi connectivity index (χ1n) is 12.8. The van der Waals surface area contributed by atoms with E-state index in [0.717, 1.165) is 11.3 Å². The van der Waals surface area contributed by atoms with Crippen LogP contribution >= 0.6 is 11.3 Å². The molecular weight excluding hydrogens is 545 g/mol. The topological polar surface area (TPSA) is 101 Å². The monoisotopic (exact) mass is 565 g/mol. The summed E-state index contributed by atoms with van der Waals surface area (Å²) in [5.41, 5.74) is -0.393. The van der Waals surface area contributed by atoms with Gasteiger partial charge in [-0.15, -0.1) is 0 Å². The van der Waals surface area contributed by atoms with Gasteiger partial charge in [-0.05, 0) is 42.8 Å². The van der Waals surface area contributed by atoms with E-state index in [0.29, 0.717) is 27.4 Å². The molecule has 10 heteroatoms. The number of para-hydroxylation sites is 2. The van der Waals surface area contributed by atoms with Crippen molar-refractivity contribution in [1.29, 1.82) is 0 Å². The first-order valence-corrected chi connectivity index (χ1v) is 13.6. The summed E-state index contributed by atoms with van der Waals surface area (Å²) >= 11 is 0.982. The van der Waals surface area contributed by atoms with E-state index in [9.17, 15) is 23.6 Å². The summed E-state index contributed by atoms with van der Waals surface area (Å²) in [4.78, 5) is 63.3. The number of Topliss-reactive ketones (excluding diaryl/α,β-unsaturated/α-hetero) is 1. The van der Waals surface area contributed by atoms with E-state index in [1.54, 1.807) is 67.6 Å². The first-order chi connectivity index (χ1) is 19.7. The molecule has 0 bridgehead atoms. The van der Waals surface area contributed by atoms with Crippen LogP contribution in [0.2, 0.25) is 0 Å². The number of hydrogen-bond donors (Lipinski definition) is 0. The number of amides is 2. The number of ketones is 1. The Morgan fingerprint density at radius 2 is 1.71 bits per heavy atom. The summed E-state index contributed by atoms with van der Waals surface area (Å²) in [6.45, 7) is 3.11. The Labute approximate surface area is 236 Å². The maximum absolute atomic E-state index is 14.9. The fourth-order valence-corrected chi connectivity index (χ4v) is 6.86. The van der Waals surface area contributed by atoms with Gasteiger partial charge in [-0.1, -0.05) is 53.8 Å². The van der Waals surface area contributed by atoms with Gasteiger partial charge in [0.2, 0.25) is 5.76 Å². The summed E-state index contributed by atoms with van der Waals surface area (Å²) in [6.07, 6.45) is 0. The van der Waals surface area contributed by atoms with Gasteiger partial charge in [0.25, 0.3) is 11.8 Å². The number of hydrogen-bond acceptors (Lipinski definition) is 7. The van der Waals surface area contributed by atoms with Crippen molar-refractivity contribution in [2.45, 2.75) is 25.9 Å². The minimum atomic E-state index is -1.94. The van der Waals surface area contributed by atoms with Crippen LogP contribution in [0.15, 0.2) is 82.0 Å². The maximum Gasteiger partial charge on any atom is 0.297 e. The molecule has 0 saturated heterocycles. The standard InChI is InChI=1S/C31H20FN3O5S/c1-16-27(17(2)36)41-30(33-16)35-28(38)26-24(25(37)20-7-3-6-10-23(20)40-26)31(35)21-8-4-5-9-22(21)34(29(31)39)15-18-11-13-19(32)14-12-18/h3-14H,15H2,1-2H3. The smallest absolute Gasteiger partial charge is 0.297 e. The van der Waals surface area contributed by atoms with Gasteiger partial charge in [0.05, 0.1) is 33.8 Å². The lowest BCUT2D eigenvalue weighted by Crippen LogP contribution is -2.53. The average Bonchev–Trinajstić information content (AvgIpc) is 3.55. The molecule has 0 fully saturated rings. The largest absolute Gasteiger partial charge is 0.450 e. The number of anilines is 2. The van der Waals surface area contributed by atoms with Crippen LogP contribution in [-0.4, -0.2) is 22.6 Å². The van der Waals surface area contributed by atoms with Crippen LogP contribution in [0.1, 0.15) is 49.5 Å². The minimum absolute atomic E-state index is 0.0593. The zero-order chi connectivity index (χ0) is 28.6. The number of aromatic nitrogens is 1. The van der Waals surface area contributed by atoms with E-state index in [-0.39, 0.29) is 39.8 Å². The first kappa shape index (κ1) is 25.0. The summed E-state index contributed by atoms with van der Waals surface area (Å²) < 4.78 is 19.7. The van der Waals surface area contributed by atoms with Crippen molar-refractivity contribution in [3.8, 4) is 0 Å². The fraction of sp³-hybridized carbons (Fsp3) is 0.129. The highest BCUT2D eigenvalue weighted by atomic mass is 32.1. The molecule has 41 heavy (non-hydrogen) atoms. The highest BCUT2D eigenvalue weighted by Crippen LogP contribution is 2.55. The molecule has 3 aromatic carbocycles. The van der Waals surface area contributed by atoms with Crippen molar-refractivity contribution < 1.29 is 23.2 Å². The van der Waals surface area contributed by atoms with Gasteiger partial charge in [-0.2, -0.15) is 0 Å². The van der Waals surface area contributed by atoms with Gasteiger partial charge in [-0.3, -0.25) is 24.1 Å². The number of carbonyl (C=O) groups is 3. The molecule has 5 aromatic rings. The van der Waals surface area contributed by atoms with Crippen molar-refractivity contribution in [2.24, 2.45) is 0 Å². The Hall–Kier alpha value is -4.96. The lowest BCUT2D eigenvalue weighted by Gasteiger charge is -2.32. The van der Waals surface area contributed by atoms with Crippen molar-refractivity contribution in [2.75, 3.05) is 9.80 Å². The molecule has 1 spiro atoms. The Morgan fingerprint density at radius 1 is 1.00 bits per heavy atom. The SMILES string of the molecule is CC(=O)c1sc(N2C(=O)c3oc4ccccc4c(=O)c3C23C(=O)N(Cc2ccc(F)cc2)c2ccccc23)nc1C. The number of nitrogens with zero attached hydrogens (tertiary/aromatic N) is 3. The Bertz CT molecular complexity index is 2010. The molecule has 2 aliphatic heterocycles. The second kappa shape index (κ2) is 8.77. The Kier molecular flexibility index (Phi) is 5.36. The number of rotatable bonds is 4. The Morgan fingerprint density at radius 3 is 2.44 bits per heavy atom. The van der Waals surface area contributed by atoms with Crippen molar-refractivity contribution in [3.63, 3.8) is 0 Å². The molecule has 2 aromatic heterocycles. The molecule has 1 unspecified atom stereocenters. The predicted molar refractivity (Wildman–Crippen MR) is 151 cm³/mol. The van der Waals surface area contributed by atoms with Gasteiger partial charge in [-0.25, -0.2) is 9.37 Å². The quantitative estimate of drug-likeness (QED) is 0.272. The molecule has 2 amide bonds. The molecule has 0 aliphatic carbocycles. The molecule has 4 heterocycles. The van der Waals surface area contributed by atoms with E-state index in [4.69, 9.17) is 4.42 Å². The molecule has 7 rings (SSSR count). The normalized spacial score (nSPS) is 17.5. The van der Waals surface area contributed by atoms with E-state index in [1.165, 1.54) is 28.9 Å². The maximum atomic E-state index is 14.9. The number of fused-ring (bicyclic) bond motifs is 5. The van der Waals surface area contributed by atoms with Crippen molar-refractivity contribution in [1.82, 2.24) is 4.98 Å². The van der Waals surface area contributed by atoms with E-state index in [1.807, 2.05) is 0 Å². The lowest BCUT2D eigenvalue weighted by atomic mass is 9.84. The van der Waals surface area contributed by atoms with Crippen LogP contribution in [0, 0.1) is 12.7 Å². The Balaban J connectivity index is 1.55. The molecule has 202 valence electrons. The van der Waals surface area contributed by atoms with Crippen LogP contribution in [0.25, 0.3) is 11.0 Å². The zero-order valence-corrected chi connectivity index (χ0v) is 22.6. The highest BCUT2D eigenvalue weighted by molar-refractivity contribution is 7.17. The zero-order valence-electron chi connectivity index (χ0n) is 21.8. The lowest BCUT2D eigenvalue weighted by molar-refractivity contribution is -0.121.